The highest BCUT2D eigenvalue weighted by Gasteiger charge is 2.33. The highest BCUT2D eigenvalue weighted by atomic mass is 32.2. The predicted octanol–water partition coefficient (Wildman–Crippen LogP) is 5.01. The number of hydrogen-bond acceptors (Lipinski definition) is 7. The summed E-state index contributed by atoms with van der Waals surface area (Å²) in [5.74, 6) is -0.849. The second kappa shape index (κ2) is 11.7. The van der Waals surface area contributed by atoms with Crippen molar-refractivity contribution in [2.45, 2.75) is 75.1 Å². The molecule has 10 heteroatoms. The number of aromatic hydroxyl groups is 1. The van der Waals surface area contributed by atoms with Crippen LogP contribution in [0, 0.1) is 18.8 Å². The molecule has 1 N–H and O–H groups in total. The van der Waals surface area contributed by atoms with Crippen molar-refractivity contribution >= 4 is 9.84 Å². The molecule has 0 aliphatic carbocycles. The van der Waals surface area contributed by atoms with Gasteiger partial charge < -0.3 is 9.84 Å². The first-order chi connectivity index (χ1) is 18.2. The topological polar surface area (TPSA) is 111 Å². The van der Waals surface area contributed by atoms with Crippen LogP contribution in [0.15, 0.2) is 51.1 Å². The Morgan fingerprint density at radius 3 is 2.47 bits per heavy atom. The van der Waals surface area contributed by atoms with Crippen LogP contribution in [0.5, 0.6) is 5.88 Å². The maximum Gasteiger partial charge on any atom is 0.277 e. The summed E-state index contributed by atoms with van der Waals surface area (Å²) in [7, 11) is -4.41. The Morgan fingerprint density at radius 1 is 1.16 bits per heavy atom. The Hall–Kier alpha value is -3.11. The number of rotatable bonds is 9. The number of halogens is 1. The molecule has 1 aliphatic heterocycles. The molecule has 1 saturated heterocycles. The van der Waals surface area contributed by atoms with Gasteiger partial charge in [-0.2, -0.15) is 9.37 Å². The minimum atomic E-state index is -4.41. The van der Waals surface area contributed by atoms with Crippen molar-refractivity contribution < 1.29 is 22.7 Å². The molecule has 0 unspecified atom stereocenters. The molecule has 1 fully saturated rings. The number of hydrogen-bond donors (Lipinski definition) is 1. The molecular weight excluding hydrogens is 509 g/mol. The zero-order valence-corrected chi connectivity index (χ0v) is 22.8. The minimum Gasteiger partial charge on any atom is -0.492 e. The molecule has 1 atom stereocenters. The van der Waals surface area contributed by atoms with Gasteiger partial charge in [0.25, 0.3) is 5.56 Å². The zero-order valence-electron chi connectivity index (χ0n) is 22.0. The molecule has 0 amide bonds. The van der Waals surface area contributed by atoms with Gasteiger partial charge in [0.15, 0.2) is 4.90 Å². The van der Waals surface area contributed by atoms with Crippen LogP contribution in [0.2, 0.25) is 0 Å². The van der Waals surface area contributed by atoms with E-state index >= 15 is 0 Å². The maximum absolute atomic E-state index is 13.9. The van der Waals surface area contributed by atoms with Crippen LogP contribution < -0.4 is 5.56 Å². The third kappa shape index (κ3) is 5.37. The standard InChI is InChI=1S/C28H34FN3O5S/c1-4-6-7-24-31-27(33)25(28(34)32(24)23(5-2)20-13-16-37-17-14-20)38(35,36)21-10-8-19(9-11-21)22-12-15-30-26(29)18(22)3/h8-12,15,20,23,33H,4-7,13-14,16-17H2,1-3H3/t23-/m0/s1. The monoisotopic (exact) mass is 543 g/mol. The molecule has 204 valence electrons. The van der Waals surface area contributed by atoms with Crippen molar-refractivity contribution in [3.8, 4) is 17.0 Å². The molecule has 38 heavy (non-hydrogen) atoms. The van der Waals surface area contributed by atoms with Gasteiger partial charge in [-0.25, -0.2) is 13.4 Å². The Balaban J connectivity index is 1.81. The number of sulfone groups is 1. The fraction of sp³-hybridized carbons (Fsp3) is 0.464. The van der Waals surface area contributed by atoms with E-state index in [4.69, 9.17) is 4.74 Å². The molecule has 2 aromatic heterocycles. The number of pyridine rings is 1. The van der Waals surface area contributed by atoms with E-state index in [-0.39, 0.29) is 16.9 Å². The fourth-order valence-electron chi connectivity index (χ4n) is 5.22. The first kappa shape index (κ1) is 27.9. The van der Waals surface area contributed by atoms with Crippen LogP contribution in [-0.2, 0) is 21.0 Å². The van der Waals surface area contributed by atoms with E-state index in [2.05, 4.69) is 9.97 Å². The molecule has 4 rings (SSSR count). The largest absolute Gasteiger partial charge is 0.492 e. The summed E-state index contributed by atoms with van der Waals surface area (Å²) in [6, 6.07) is 7.19. The molecule has 0 spiro atoms. The maximum atomic E-state index is 13.9. The van der Waals surface area contributed by atoms with Gasteiger partial charge in [-0.05, 0) is 67.9 Å². The van der Waals surface area contributed by atoms with Gasteiger partial charge in [-0.3, -0.25) is 9.36 Å². The van der Waals surface area contributed by atoms with Gasteiger partial charge in [-0.15, -0.1) is 0 Å². The van der Waals surface area contributed by atoms with Crippen LogP contribution >= 0.6 is 0 Å². The number of unbranched alkanes of at least 4 members (excludes halogenated alkanes) is 1. The summed E-state index contributed by atoms with van der Waals surface area (Å²) < 4.78 is 48.4. The average molecular weight is 544 g/mol. The second-order valence-electron chi connectivity index (χ2n) is 9.69. The normalized spacial score (nSPS) is 15.5. The van der Waals surface area contributed by atoms with E-state index in [0.29, 0.717) is 48.6 Å². The van der Waals surface area contributed by atoms with Crippen LogP contribution in [0.25, 0.3) is 11.1 Å². The predicted molar refractivity (Wildman–Crippen MR) is 141 cm³/mol. The summed E-state index contributed by atoms with van der Waals surface area (Å²) in [5, 5.41) is 10.8. The number of ether oxygens (including phenoxy) is 1. The van der Waals surface area contributed by atoms with Gasteiger partial charge in [0.2, 0.25) is 21.7 Å². The molecule has 8 nitrogen and oxygen atoms in total. The van der Waals surface area contributed by atoms with E-state index in [1.807, 2.05) is 13.8 Å². The van der Waals surface area contributed by atoms with Gasteiger partial charge in [0, 0.05) is 37.4 Å². The van der Waals surface area contributed by atoms with Gasteiger partial charge in [0.05, 0.1) is 4.90 Å². The fourth-order valence-corrected chi connectivity index (χ4v) is 6.56. The number of benzene rings is 1. The average Bonchev–Trinajstić information content (AvgIpc) is 2.91. The lowest BCUT2D eigenvalue weighted by Gasteiger charge is -2.32. The van der Waals surface area contributed by atoms with E-state index < -0.39 is 32.1 Å². The Morgan fingerprint density at radius 2 is 1.84 bits per heavy atom. The molecule has 1 aliphatic rings. The highest BCUT2D eigenvalue weighted by Crippen LogP contribution is 2.33. The lowest BCUT2D eigenvalue weighted by Crippen LogP contribution is -2.37. The van der Waals surface area contributed by atoms with E-state index in [1.165, 1.54) is 22.9 Å². The molecule has 1 aromatic carbocycles. The van der Waals surface area contributed by atoms with E-state index in [1.54, 1.807) is 25.1 Å². The number of nitrogens with zero attached hydrogens (tertiary/aromatic N) is 3. The summed E-state index contributed by atoms with van der Waals surface area (Å²) in [4.78, 5) is 20.9. The van der Waals surface area contributed by atoms with Crippen molar-refractivity contribution in [2.24, 2.45) is 5.92 Å². The first-order valence-electron chi connectivity index (χ1n) is 13.1. The zero-order chi connectivity index (χ0) is 27.4. The Bertz CT molecular complexity index is 1450. The smallest absolute Gasteiger partial charge is 0.277 e. The number of aromatic nitrogens is 3. The van der Waals surface area contributed by atoms with Crippen molar-refractivity contribution in [1.29, 1.82) is 0 Å². The van der Waals surface area contributed by atoms with Crippen molar-refractivity contribution in [3.05, 3.63) is 64.2 Å². The summed E-state index contributed by atoms with van der Waals surface area (Å²) >= 11 is 0. The van der Waals surface area contributed by atoms with Crippen LogP contribution in [-0.4, -0.2) is 41.3 Å². The summed E-state index contributed by atoms with van der Waals surface area (Å²) in [5.41, 5.74) is 0.770. The van der Waals surface area contributed by atoms with Crippen molar-refractivity contribution in [2.75, 3.05) is 13.2 Å². The molecule has 0 radical (unpaired) electrons. The van der Waals surface area contributed by atoms with E-state index in [0.717, 1.165) is 25.7 Å². The molecule has 0 saturated carbocycles. The SMILES string of the molecule is CCCCc1nc(O)c(S(=O)(=O)c2ccc(-c3ccnc(F)c3C)cc2)c(=O)n1[C@@H](CC)C1CCOCC1. The van der Waals surface area contributed by atoms with Gasteiger partial charge >= 0.3 is 0 Å². The van der Waals surface area contributed by atoms with Gasteiger partial charge in [0.1, 0.15) is 5.82 Å². The van der Waals surface area contributed by atoms with Crippen LogP contribution in [0.1, 0.15) is 63.4 Å². The van der Waals surface area contributed by atoms with Crippen molar-refractivity contribution in [1.82, 2.24) is 14.5 Å². The summed E-state index contributed by atoms with van der Waals surface area (Å²) in [6.07, 6.45) is 5.55. The Labute approximate surface area is 222 Å². The third-order valence-corrected chi connectivity index (χ3v) is 9.12. The highest BCUT2D eigenvalue weighted by molar-refractivity contribution is 7.91. The first-order valence-corrected chi connectivity index (χ1v) is 14.6. The van der Waals surface area contributed by atoms with Crippen LogP contribution in [0.3, 0.4) is 0 Å². The lowest BCUT2D eigenvalue weighted by molar-refractivity contribution is 0.0463. The lowest BCUT2D eigenvalue weighted by atomic mass is 9.89. The van der Waals surface area contributed by atoms with Crippen LogP contribution in [0.4, 0.5) is 4.39 Å². The molecule has 0 bridgehead atoms. The quantitative estimate of drug-likeness (QED) is 0.378. The third-order valence-electron chi connectivity index (χ3n) is 7.33. The molecule has 3 heterocycles. The van der Waals surface area contributed by atoms with Crippen molar-refractivity contribution in [3.63, 3.8) is 0 Å². The molecule has 3 aromatic rings. The Kier molecular flexibility index (Phi) is 8.62. The number of aryl methyl sites for hydroxylation is 1. The van der Waals surface area contributed by atoms with Gasteiger partial charge in [-0.1, -0.05) is 32.4 Å². The molecular formula is C28H34FN3O5S. The minimum absolute atomic E-state index is 0.136. The second-order valence-corrected chi connectivity index (χ2v) is 11.6. The van der Waals surface area contributed by atoms with E-state index in [9.17, 15) is 22.7 Å². The summed E-state index contributed by atoms with van der Waals surface area (Å²) in [6.45, 7) is 6.76.